The Morgan fingerprint density at radius 2 is 1.79 bits per heavy atom. The molecule has 0 bridgehead atoms. The first kappa shape index (κ1) is 19.0. The van der Waals surface area contributed by atoms with Crippen molar-refractivity contribution in [1.29, 1.82) is 0 Å². The second kappa shape index (κ2) is 7.26. The van der Waals surface area contributed by atoms with Crippen LogP contribution in [0.2, 0.25) is 0 Å². The molecule has 6 heteroatoms. The second-order valence-electron chi connectivity index (χ2n) is 7.88. The summed E-state index contributed by atoms with van der Waals surface area (Å²) in [6.45, 7) is 0.512. The highest BCUT2D eigenvalue weighted by Gasteiger charge is 2.48. The standard InChI is InChI=1S/C22H24F2N2O2/c23-18-9-4-6-16(19(18)24)14-26-13-5-10-22(28,20(26)27)15-25-21(11-12-21)17-7-2-1-3-8-17/h1-4,6-9,25,28H,5,10-15H2/t22-/m1/s1. The summed E-state index contributed by atoms with van der Waals surface area (Å²) in [6, 6.07) is 14.0. The highest BCUT2D eigenvalue weighted by atomic mass is 19.2. The van der Waals surface area contributed by atoms with Gasteiger partial charge in [0, 0.05) is 30.7 Å². The first-order chi connectivity index (χ1) is 13.4. The lowest BCUT2D eigenvalue weighted by Gasteiger charge is -2.39. The molecule has 4 rings (SSSR count). The number of rotatable bonds is 6. The average Bonchev–Trinajstić information content (AvgIpc) is 3.50. The van der Waals surface area contributed by atoms with Gasteiger partial charge < -0.3 is 15.3 Å². The number of hydrogen-bond donors (Lipinski definition) is 2. The molecule has 0 aromatic heterocycles. The first-order valence-electron chi connectivity index (χ1n) is 9.69. The van der Waals surface area contributed by atoms with Gasteiger partial charge in [0.25, 0.3) is 5.91 Å². The fourth-order valence-corrected chi connectivity index (χ4v) is 4.02. The zero-order chi connectivity index (χ0) is 19.8. The molecule has 2 aromatic carbocycles. The lowest BCUT2D eigenvalue weighted by Crippen LogP contribution is -2.58. The summed E-state index contributed by atoms with van der Waals surface area (Å²) in [4.78, 5) is 14.4. The monoisotopic (exact) mass is 386 g/mol. The molecule has 2 N–H and O–H groups in total. The lowest BCUT2D eigenvalue weighted by molar-refractivity contribution is -0.157. The largest absolute Gasteiger partial charge is 0.379 e. The summed E-state index contributed by atoms with van der Waals surface area (Å²) < 4.78 is 27.5. The quantitative estimate of drug-likeness (QED) is 0.802. The number of benzene rings is 2. The van der Waals surface area contributed by atoms with E-state index in [2.05, 4.69) is 5.32 Å². The number of likely N-dealkylation sites (tertiary alicyclic amines) is 1. The Morgan fingerprint density at radius 3 is 2.50 bits per heavy atom. The molecule has 28 heavy (non-hydrogen) atoms. The molecule has 1 saturated carbocycles. The Labute approximate surface area is 163 Å². The van der Waals surface area contributed by atoms with Crippen molar-refractivity contribution in [2.45, 2.75) is 43.4 Å². The highest BCUT2D eigenvalue weighted by Crippen LogP contribution is 2.45. The van der Waals surface area contributed by atoms with Crippen LogP contribution in [0.4, 0.5) is 8.78 Å². The van der Waals surface area contributed by atoms with E-state index in [9.17, 15) is 18.7 Å². The van der Waals surface area contributed by atoms with Gasteiger partial charge in [0.15, 0.2) is 17.2 Å². The van der Waals surface area contributed by atoms with Gasteiger partial charge in [-0.25, -0.2) is 8.78 Å². The van der Waals surface area contributed by atoms with E-state index in [-0.39, 0.29) is 24.2 Å². The van der Waals surface area contributed by atoms with Crippen molar-refractivity contribution in [2.75, 3.05) is 13.1 Å². The van der Waals surface area contributed by atoms with Crippen LogP contribution in [-0.2, 0) is 16.9 Å². The van der Waals surface area contributed by atoms with E-state index in [4.69, 9.17) is 0 Å². The predicted molar refractivity (Wildman–Crippen MR) is 101 cm³/mol. The summed E-state index contributed by atoms with van der Waals surface area (Å²) >= 11 is 0. The molecule has 4 nitrogen and oxygen atoms in total. The summed E-state index contributed by atoms with van der Waals surface area (Å²) in [7, 11) is 0. The van der Waals surface area contributed by atoms with E-state index >= 15 is 0 Å². The maximum absolute atomic E-state index is 14.0. The molecule has 1 aliphatic carbocycles. The van der Waals surface area contributed by atoms with E-state index in [1.807, 2.05) is 30.3 Å². The Bertz CT molecular complexity index is 870. The van der Waals surface area contributed by atoms with Gasteiger partial charge in [-0.3, -0.25) is 4.79 Å². The number of nitrogens with zero attached hydrogens (tertiary/aromatic N) is 1. The van der Waals surface area contributed by atoms with Crippen LogP contribution in [0.3, 0.4) is 0 Å². The Balaban J connectivity index is 1.45. The molecule has 1 heterocycles. The molecular weight excluding hydrogens is 362 g/mol. The molecule has 0 spiro atoms. The van der Waals surface area contributed by atoms with Crippen molar-refractivity contribution in [2.24, 2.45) is 0 Å². The normalized spacial score (nSPS) is 23.7. The van der Waals surface area contributed by atoms with Crippen LogP contribution in [-0.4, -0.2) is 34.6 Å². The summed E-state index contributed by atoms with van der Waals surface area (Å²) in [6.07, 6.45) is 2.88. The number of hydrogen-bond acceptors (Lipinski definition) is 3. The van der Waals surface area contributed by atoms with Crippen LogP contribution in [0.5, 0.6) is 0 Å². The number of piperidine rings is 1. The third kappa shape index (κ3) is 3.54. The van der Waals surface area contributed by atoms with E-state index in [0.29, 0.717) is 19.4 Å². The van der Waals surface area contributed by atoms with Gasteiger partial charge in [-0.1, -0.05) is 42.5 Å². The summed E-state index contributed by atoms with van der Waals surface area (Å²) in [5.41, 5.74) is -0.449. The van der Waals surface area contributed by atoms with Gasteiger partial charge in [-0.2, -0.15) is 0 Å². The fourth-order valence-electron chi connectivity index (χ4n) is 4.02. The Hall–Kier alpha value is -2.31. The van der Waals surface area contributed by atoms with Crippen LogP contribution in [0.15, 0.2) is 48.5 Å². The number of aliphatic hydroxyl groups is 1. The molecule has 1 amide bonds. The van der Waals surface area contributed by atoms with Gasteiger partial charge in [-0.15, -0.1) is 0 Å². The van der Waals surface area contributed by atoms with Gasteiger partial charge in [0.2, 0.25) is 0 Å². The number of carbonyl (C=O) groups excluding carboxylic acids is 1. The molecule has 1 atom stereocenters. The molecule has 0 radical (unpaired) electrons. The van der Waals surface area contributed by atoms with Crippen LogP contribution < -0.4 is 5.32 Å². The number of carbonyl (C=O) groups is 1. The van der Waals surface area contributed by atoms with E-state index in [1.54, 1.807) is 0 Å². The number of halogens is 2. The van der Waals surface area contributed by atoms with Crippen LogP contribution in [0.1, 0.15) is 36.8 Å². The zero-order valence-electron chi connectivity index (χ0n) is 15.6. The molecule has 1 aliphatic heterocycles. The Kier molecular flexibility index (Phi) is 4.93. The third-order valence-corrected chi connectivity index (χ3v) is 5.89. The maximum Gasteiger partial charge on any atom is 0.256 e. The maximum atomic E-state index is 14.0. The summed E-state index contributed by atoms with van der Waals surface area (Å²) in [5.74, 6) is -2.31. The number of nitrogens with one attached hydrogen (secondary N) is 1. The molecule has 148 valence electrons. The fraction of sp³-hybridized carbons (Fsp3) is 0.409. The highest BCUT2D eigenvalue weighted by molar-refractivity contribution is 5.86. The van der Waals surface area contributed by atoms with Crippen LogP contribution >= 0.6 is 0 Å². The van der Waals surface area contributed by atoms with Crippen molar-refractivity contribution in [1.82, 2.24) is 10.2 Å². The van der Waals surface area contributed by atoms with Crippen LogP contribution in [0.25, 0.3) is 0 Å². The number of amides is 1. The van der Waals surface area contributed by atoms with E-state index in [1.165, 1.54) is 17.0 Å². The SMILES string of the molecule is O=C1N(Cc2cccc(F)c2F)CCC[C@@]1(O)CNC1(c2ccccc2)CC1. The minimum Gasteiger partial charge on any atom is -0.379 e. The van der Waals surface area contributed by atoms with E-state index < -0.39 is 23.1 Å². The molecular formula is C22H24F2N2O2. The van der Waals surface area contributed by atoms with Gasteiger partial charge in [-0.05, 0) is 37.3 Å². The van der Waals surface area contributed by atoms with Crippen LogP contribution in [0, 0.1) is 11.6 Å². The smallest absolute Gasteiger partial charge is 0.256 e. The van der Waals surface area contributed by atoms with Gasteiger partial charge in [0.05, 0.1) is 0 Å². The molecule has 0 unspecified atom stereocenters. The topological polar surface area (TPSA) is 52.6 Å². The van der Waals surface area contributed by atoms with Gasteiger partial charge in [0.1, 0.15) is 0 Å². The molecule has 2 aliphatic rings. The zero-order valence-corrected chi connectivity index (χ0v) is 15.6. The lowest BCUT2D eigenvalue weighted by atomic mass is 9.90. The summed E-state index contributed by atoms with van der Waals surface area (Å²) in [5, 5.41) is 14.4. The molecule has 1 saturated heterocycles. The molecule has 2 fully saturated rings. The van der Waals surface area contributed by atoms with Gasteiger partial charge >= 0.3 is 0 Å². The molecule has 2 aromatic rings. The minimum atomic E-state index is -1.54. The van der Waals surface area contributed by atoms with Crippen molar-refractivity contribution in [3.05, 3.63) is 71.3 Å². The first-order valence-corrected chi connectivity index (χ1v) is 9.69. The average molecular weight is 386 g/mol. The van der Waals surface area contributed by atoms with Crippen molar-refractivity contribution in [3.63, 3.8) is 0 Å². The van der Waals surface area contributed by atoms with Crippen molar-refractivity contribution in [3.8, 4) is 0 Å². The van der Waals surface area contributed by atoms with Crippen molar-refractivity contribution < 1.29 is 18.7 Å². The third-order valence-electron chi connectivity index (χ3n) is 5.89. The van der Waals surface area contributed by atoms with Crippen molar-refractivity contribution >= 4 is 5.91 Å². The minimum absolute atomic E-state index is 0.0471. The predicted octanol–water partition coefficient (Wildman–Crippen LogP) is 3.10. The second-order valence-corrected chi connectivity index (χ2v) is 7.88. The Morgan fingerprint density at radius 1 is 1.04 bits per heavy atom. The van der Waals surface area contributed by atoms with E-state index in [0.717, 1.165) is 24.5 Å².